The van der Waals surface area contributed by atoms with E-state index in [4.69, 9.17) is 9.47 Å². The standard InChI is InChI=1S/C20H20FN3O7S/c21-14-3-1-2-13(8-14)20(25)23-32(28,29)15-9-17(24(26)27)19-18(10-15)31-11-16(22-19)12-4-6-30-7-5-12/h1-3,8-10,12,16,22H,4-7,11H2,(H,23,25)/t16-/m0/s1. The van der Waals surface area contributed by atoms with Crippen molar-refractivity contribution in [2.45, 2.75) is 23.8 Å². The van der Waals surface area contributed by atoms with Gasteiger partial charge in [0.05, 0.1) is 15.9 Å². The third kappa shape index (κ3) is 4.50. The van der Waals surface area contributed by atoms with E-state index in [2.05, 4.69) is 5.32 Å². The van der Waals surface area contributed by atoms with Crippen LogP contribution in [-0.2, 0) is 14.8 Å². The van der Waals surface area contributed by atoms with Gasteiger partial charge in [-0.15, -0.1) is 0 Å². The van der Waals surface area contributed by atoms with Crippen LogP contribution >= 0.6 is 0 Å². The number of ether oxygens (including phenoxy) is 2. The van der Waals surface area contributed by atoms with Crippen LogP contribution < -0.4 is 14.8 Å². The molecule has 1 amide bonds. The van der Waals surface area contributed by atoms with Crippen molar-refractivity contribution >= 4 is 27.3 Å². The first-order valence-corrected chi connectivity index (χ1v) is 11.3. The Kier molecular flexibility index (Phi) is 5.98. The summed E-state index contributed by atoms with van der Waals surface area (Å²) >= 11 is 0. The van der Waals surface area contributed by atoms with Crippen molar-refractivity contribution in [3.8, 4) is 5.75 Å². The summed E-state index contributed by atoms with van der Waals surface area (Å²) in [7, 11) is -4.49. The summed E-state index contributed by atoms with van der Waals surface area (Å²) in [6, 6.07) is 6.29. The summed E-state index contributed by atoms with van der Waals surface area (Å²) in [5.74, 6) is -1.58. The minimum Gasteiger partial charge on any atom is -0.489 e. The molecule has 1 atom stereocenters. The fourth-order valence-corrected chi connectivity index (χ4v) is 4.79. The molecule has 2 heterocycles. The highest BCUT2D eigenvalue weighted by atomic mass is 32.2. The van der Waals surface area contributed by atoms with E-state index >= 15 is 0 Å². The lowest BCUT2D eigenvalue weighted by Gasteiger charge is -2.35. The number of hydrogen-bond acceptors (Lipinski definition) is 8. The van der Waals surface area contributed by atoms with Crippen LogP contribution in [-0.4, -0.2) is 45.1 Å². The first-order valence-electron chi connectivity index (χ1n) is 9.87. The van der Waals surface area contributed by atoms with Crippen molar-refractivity contribution in [1.29, 1.82) is 0 Å². The molecule has 2 aliphatic heterocycles. The van der Waals surface area contributed by atoms with Gasteiger partial charge in [-0.2, -0.15) is 0 Å². The highest BCUT2D eigenvalue weighted by Gasteiger charge is 2.34. The van der Waals surface area contributed by atoms with Crippen LogP contribution in [0.15, 0.2) is 41.3 Å². The lowest BCUT2D eigenvalue weighted by atomic mass is 9.91. The summed E-state index contributed by atoms with van der Waals surface area (Å²) in [6.45, 7) is 1.40. The van der Waals surface area contributed by atoms with Gasteiger partial charge in [-0.05, 0) is 37.0 Å². The molecule has 32 heavy (non-hydrogen) atoms. The topological polar surface area (TPSA) is 137 Å². The Morgan fingerprint density at radius 3 is 2.66 bits per heavy atom. The zero-order valence-corrected chi connectivity index (χ0v) is 17.6. The summed E-state index contributed by atoms with van der Waals surface area (Å²) in [5, 5.41) is 14.8. The molecule has 2 aliphatic rings. The number of nitrogens with zero attached hydrogens (tertiary/aromatic N) is 1. The molecule has 170 valence electrons. The predicted molar refractivity (Wildman–Crippen MR) is 111 cm³/mol. The molecular formula is C20H20FN3O7S. The minimum absolute atomic E-state index is 0.00101. The number of anilines is 1. The number of hydrogen-bond donors (Lipinski definition) is 2. The van der Waals surface area contributed by atoms with Gasteiger partial charge in [-0.25, -0.2) is 17.5 Å². The molecule has 10 nitrogen and oxygen atoms in total. The Morgan fingerprint density at radius 1 is 1.22 bits per heavy atom. The van der Waals surface area contributed by atoms with E-state index in [1.807, 2.05) is 0 Å². The molecular weight excluding hydrogens is 445 g/mol. The number of fused-ring (bicyclic) bond motifs is 1. The molecule has 2 N–H and O–H groups in total. The van der Waals surface area contributed by atoms with Crippen molar-refractivity contribution in [3.05, 3.63) is 57.9 Å². The maximum absolute atomic E-state index is 13.3. The molecule has 0 aromatic heterocycles. The second-order valence-corrected chi connectivity index (χ2v) is 9.21. The largest absolute Gasteiger partial charge is 0.489 e. The normalized spacial score (nSPS) is 18.7. The van der Waals surface area contributed by atoms with E-state index in [1.165, 1.54) is 12.1 Å². The zero-order chi connectivity index (χ0) is 22.9. The van der Waals surface area contributed by atoms with Crippen LogP contribution in [0.25, 0.3) is 0 Å². The molecule has 0 spiro atoms. The van der Waals surface area contributed by atoms with Gasteiger partial charge in [0, 0.05) is 30.9 Å². The first-order chi connectivity index (χ1) is 15.2. The number of sulfonamides is 1. The number of carbonyl (C=O) groups excluding carboxylic acids is 1. The number of amides is 1. The highest BCUT2D eigenvalue weighted by Crippen LogP contribution is 2.41. The number of halogens is 1. The zero-order valence-electron chi connectivity index (χ0n) is 16.7. The number of rotatable bonds is 5. The Bertz CT molecular complexity index is 1170. The third-order valence-corrected chi connectivity index (χ3v) is 6.77. The predicted octanol–water partition coefficient (Wildman–Crippen LogP) is 2.45. The van der Waals surface area contributed by atoms with E-state index in [0.29, 0.717) is 13.2 Å². The number of nitro benzene ring substituents is 1. The molecule has 4 rings (SSSR count). The average molecular weight is 465 g/mol. The number of nitrogens with one attached hydrogen (secondary N) is 2. The van der Waals surface area contributed by atoms with Gasteiger partial charge in [0.25, 0.3) is 21.6 Å². The molecule has 2 aromatic rings. The maximum Gasteiger partial charge on any atom is 0.297 e. The van der Waals surface area contributed by atoms with Crippen molar-refractivity contribution in [3.63, 3.8) is 0 Å². The minimum atomic E-state index is -4.49. The summed E-state index contributed by atoms with van der Waals surface area (Å²) in [4.78, 5) is 22.7. The molecule has 12 heteroatoms. The fraction of sp³-hybridized carbons (Fsp3) is 0.350. The summed E-state index contributed by atoms with van der Waals surface area (Å²) in [5.41, 5.74) is -0.607. The van der Waals surface area contributed by atoms with E-state index in [0.717, 1.165) is 37.1 Å². The number of benzene rings is 2. The van der Waals surface area contributed by atoms with Gasteiger partial charge < -0.3 is 14.8 Å². The second kappa shape index (κ2) is 8.71. The number of carbonyl (C=O) groups is 1. The van der Waals surface area contributed by atoms with Gasteiger partial charge in [-0.3, -0.25) is 14.9 Å². The van der Waals surface area contributed by atoms with Crippen LogP contribution in [0.5, 0.6) is 5.75 Å². The van der Waals surface area contributed by atoms with Crippen molar-refractivity contribution in [1.82, 2.24) is 4.72 Å². The van der Waals surface area contributed by atoms with Gasteiger partial charge in [-0.1, -0.05) is 6.07 Å². The van der Waals surface area contributed by atoms with Gasteiger partial charge in [0.15, 0.2) is 11.4 Å². The third-order valence-electron chi connectivity index (χ3n) is 5.46. The monoisotopic (exact) mass is 465 g/mol. The Hall–Kier alpha value is -3.25. The van der Waals surface area contributed by atoms with Crippen LogP contribution in [0.3, 0.4) is 0 Å². The smallest absolute Gasteiger partial charge is 0.297 e. The maximum atomic E-state index is 13.3. The molecule has 0 bridgehead atoms. The van der Waals surface area contributed by atoms with Crippen LogP contribution in [0.4, 0.5) is 15.8 Å². The first kappa shape index (κ1) is 22.0. The van der Waals surface area contributed by atoms with E-state index < -0.39 is 37.3 Å². The summed E-state index contributed by atoms with van der Waals surface area (Å²) in [6.07, 6.45) is 1.56. The Balaban J connectivity index is 1.62. The molecule has 0 aliphatic carbocycles. The quantitative estimate of drug-likeness (QED) is 0.508. The van der Waals surface area contributed by atoms with Gasteiger partial charge in [0.1, 0.15) is 12.4 Å². The van der Waals surface area contributed by atoms with Gasteiger partial charge in [0.2, 0.25) is 0 Å². The molecule has 1 saturated heterocycles. The molecule has 0 unspecified atom stereocenters. The fourth-order valence-electron chi connectivity index (χ4n) is 3.78. The summed E-state index contributed by atoms with van der Waals surface area (Å²) < 4.78 is 51.7. The Morgan fingerprint density at radius 2 is 1.97 bits per heavy atom. The number of nitro groups is 1. The lowest BCUT2D eigenvalue weighted by Crippen LogP contribution is -2.40. The van der Waals surface area contributed by atoms with Crippen LogP contribution in [0, 0.1) is 21.8 Å². The lowest BCUT2D eigenvalue weighted by molar-refractivity contribution is -0.384. The van der Waals surface area contributed by atoms with Crippen molar-refractivity contribution in [2.75, 3.05) is 25.1 Å². The molecule has 1 fully saturated rings. The second-order valence-electron chi connectivity index (χ2n) is 7.53. The van der Waals surface area contributed by atoms with Crippen molar-refractivity contribution in [2.24, 2.45) is 5.92 Å². The average Bonchev–Trinajstić information content (AvgIpc) is 2.78. The van der Waals surface area contributed by atoms with Gasteiger partial charge >= 0.3 is 0 Å². The van der Waals surface area contributed by atoms with Crippen molar-refractivity contribution < 1.29 is 32.0 Å². The SMILES string of the molecule is O=C(NS(=O)(=O)c1cc2c(c([N+](=O)[O-])c1)N[C@H](C1CCOCC1)CO2)c1cccc(F)c1. The van der Waals surface area contributed by atoms with Crippen LogP contribution in [0.2, 0.25) is 0 Å². The molecule has 0 saturated carbocycles. The van der Waals surface area contributed by atoms with E-state index in [-0.39, 0.29) is 35.6 Å². The highest BCUT2D eigenvalue weighted by molar-refractivity contribution is 7.90. The Labute approximate surface area is 182 Å². The van der Waals surface area contributed by atoms with E-state index in [9.17, 15) is 27.7 Å². The van der Waals surface area contributed by atoms with Crippen LogP contribution in [0.1, 0.15) is 23.2 Å². The molecule has 0 radical (unpaired) electrons. The molecule has 2 aromatic carbocycles. The van der Waals surface area contributed by atoms with E-state index in [1.54, 1.807) is 4.72 Å².